The van der Waals surface area contributed by atoms with Crippen LogP contribution in [0.1, 0.15) is 38.9 Å². The Bertz CT molecular complexity index is 437. The maximum atomic E-state index is 13.0. The molecule has 1 unspecified atom stereocenters. The van der Waals surface area contributed by atoms with Crippen molar-refractivity contribution >= 4 is 21.7 Å². The standard InChI is InChI=1S/C12H18BrF2N3/c1-12(2,3)6-7-9(13)11-16-5-4-8(10(14)15)18(11)17-7/h8,10,16H,4-6H2,1-3H3. The van der Waals surface area contributed by atoms with Crippen molar-refractivity contribution < 1.29 is 8.78 Å². The number of nitrogens with one attached hydrogen (secondary N) is 1. The molecule has 1 N–H and O–H groups in total. The normalized spacial score (nSPS) is 19.8. The maximum absolute atomic E-state index is 13.0. The molecule has 102 valence electrons. The van der Waals surface area contributed by atoms with E-state index in [9.17, 15) is 8.78 Å². The number of rotatable bonds is 2. The van der Waals surface area contributed by atoms with Crippen molar-refractivity contribution in [2.75, 3.05) is 11.9 Å². The van der Waals surface area contributed by atoms with Crippen molar-refractivity contribution in [1.29, 1.82) is 0 Å². The molecule has 6 heteroatoms. The minimum absolute atomic E-state index is 0.0767. The van der Waals surface area contributed by atoms with Gasteiger partial charge in [-0.15, -0.1) is 0 Å². The fraction of sp³-hybridized carbons (Fsp3) is 0.750. The van der Waals surface area contributed by atoms with E-state index in [0.717, 1.165) is 16.6 Å². The zero-order chi connectivity index (χ0) is 13.5. The van der Waals surface area contributed by atoms with Crippen LogP contribution in [0.4, 0.5) is 14.6 Å². The highest BCUT2D eigenvalue weighted by Gasteiger charge is 2.32. The highest BCUT2D eigenvalue weighted by Crippen LogP contribution is 2.37. The van der Waals surface area contributed by atoms with Gasteiger partial charge in [-0.3, -0.25) is 0 Å². The van der Waals surface area contributed by atoms with Gasteiger partial charge in [0.25, 0.3) is 6.43 Å². The Balaban J connectivity index is 2.37. The molecule has 0 radical (unpaired) electrons. The van der Waals surface area contributed by atoms with Gasteiger partial charge in [-0.2, -0.15) is 5.10 Å². The molecule has 0 bridgehead atoms. The highest BCUT2D eigenvalue weighted by molar-refractivity contribution is 9.10. The van der Waals surface area contributed by atoms with E-state index in [1.807, 2.05) is 0 Å². The summed E-state index contributed by atoms with van der Waals surface area (Å²) in [5, 5.41) is 7.51. The molecule has 18 heavy (non-hydrogen) atoms. The van der Waals surface area contributed by atoms with Crippen LogP contribution in [0.15, 0.2) is 4.47 Å². The number of anilines is 1. The second kappa shape index (κ2) is 4.79. The predicted molar refractivity (Wildman–Crippen MR) is 71.2 cm³/mol. The van der Waals surface area contributed by atoms with Crippen LogP contribution in [0.25, 0.3) is 0 Å². The number of aromatic nitrogens is 2. The summed E-state index contributed by atoms with van der Waals surface area (Å²) in [7, 11) is 0. The van der Waals surface area contributed by atoms with Gasteiger partial charge in [-0.05, 0) is 34.2 Å². The van der Waals surface area contributed by atoms with Crippen LogP contribution >= 0.6 is 15.9 Å². The molecule has 1 aliphatic rings. The Morgan fingerprint density at radius 1 is 1.50 bits per heavy atom. The number of alkyl halides is 2. The molecule has 0 fully saturated rings. The van der Waals surface area contributed by atoms with E-state index in [4.69, 9.17) is 0 Å². The first kappa shape index (κ1) is 13.8. The van der Waals surface area contributed by atoms with E-state index in [2.05, 4.69) is 47.1 Å². The molecule has 1 atom stereocenters. The molecular weight excluding hydrogens is 304 g/mol. The van der Waals surface area contributed by atoms with Crippen LogP contribution < -0.4 is 5.32 Å². The Hall–Kier alpha value is -0.650. The summed E-state index contributed by atoms with van der Waals surface area (Å²) >= 11 is 3.48. The Labute approximate surface area is 114 Å². The molecule has 2 rings (SSSR count). The molecule has 1 aliphatic heterocycles. The second-order valence-electron chi connectivity index (χ2n) is 5.91. The number of halogens is 3. The van der Waals surface area contributed by atoms with Crippen LogP contribution in [0, 0.1) is 5.41 Å². The molecule has 3 nitrogen and oxygen atoms in total. The summed E-state index contributed by atoms with van der Waals surface area (Å²) in [6.07, 6.45) is -1.21. The van der Waals surface area contributed by atoms with Gasteiger partial charge >= 0.3 is 0 Å². The van der Waals surface area contributed by atoms with Crippen molar-refractivity contribution in [1.82, 2.24) is 9.78 Å². The molecule has 0 aromatic carbocycles. The van der Waals surface area contributed by atoms with E-state index < -0.39 is 12.5 Å². The molecule has 0 spiro atoms. The summed E-state index contributed by atoms with van der Waals surface area (Å²) in [6, 6.07) is -0.814. The topological polar surface area (TPSA) is 29.9 Å². The summed E-state index contributed by atoms with van der Waals surface area (Å²) in [5.74, 6) is 0.686. The largest absolute Gasteiger partial charge is 0.369 e. The number of nitrogens with zero attached hydrogens (tertiary/aromatic N) is 2. The summed E-state index contributed by atoms with van der Waals surface area (Å²) in [4.78, 5) is 0. The zero-order valence-corrected chi connectivity index (χ0v) is 12.4. The van der Waals surface area contributed by atoms with Crippen LogP contribution in [-0.4, -0.2) is 22.8 Å². The fourth-order valence-corrected chi connectivity index (χ4v) is 2.71. The number of hydrogen-bond acceptors (Lipinski definition) is 2. The average molecular weight is 322 g/mol. The minimum atomic E-state index is -2.37. The highest BCUT2D eigenvalue weighted by atomic mass is 79.9. The number of hydrogen-bond donors (Lipinski definition) is 1. The predicted octanol–water partition coefficient (Wildman–Crippen LogP) is 3.86. The monoisotopic (exact) mass is 321 g/mol. The maximum Gasteiger partial charge on any atom is 0.260 e. The van der Waals surface area contributed by atoms with Gasteiger partial charge in [-0.25, -0.2) is 13.5 Å². The molecule has 2 heterocycles. The molecule has 0 saturated carbocycles. The SMILES string of the molecule is CC(C)(C)Cc1nn2c(c1Br)NCCC2C(F)F. The van der Waals surface area contributed by atoms with Gasteiger partial charge in [0.15, 0.2) is 0 Å². The van der Waals surface area contributed by atoms with Crippen molar-refractivity contribution in [3.05, 3.63) is 10.2 Å². The lowest BCUT2D eigenvalue weighted by molar-refractivity contribution is 0.0712. The van der Waals surface area contributed by atoms with E-state index in [-0.39, 0.29) is 5.41 Å². The Kier molecular flexibility index (Phi) is 3.67. The fourth-order valence-electron chi connectivity index (χ4n) is 2.17. The summed E-state index contributed by atoms with van der Waals surface area (Å²) in [5.41, 5.74) is 0.922. The van der Waals surface area contributed by atoms with Crippen molar-refractivity contribution in [2.24, 2.45) is 5.41 Å². The molecule has 0 saturated heterocycles. The molecule has 1 aromatic rings. The van der Waals surface area contributed by atoms with Crippen LogP contribution in [0.2, 0.25) is 0 Å². The van der Waals surface area contributed by atoms with Gasteiger partial charge in [-0.1, -0.05) is 20.8 Å². The molecular formula is C12H18BrF2N3. The van der Waals surface area contributed by atoms with E-state index in [0.29, 0.717) is 18.8 Å². The van der Waals surface area contributed by atoms with E-state index in [1.54, 1.807) is 0 Å². The Morgan fingerprint density at radius 2 is 2.17 bits per heavy atom. The van der Waals surface area contributed by atoms with Gasteiger partial charge < -0.3 is 5.32 Å². The zero-order valence-electron chi connectivity index (χ0n) is 10.8. The Morgan fingerprint density at radius 3 is 2.72 bits per heavy atom. The first-order valence-corrected chi connectivity index (χ1v) is 6.88. The van der Waals surface area contributed by atoms with Crippen LogP contribution in [0.3, 0.4) is 0 Å². The summed E-state index contributed by atoms with van der Waals surface area (Å²) in [6.45, 7) is 6.88. The van der Waals surface area contributed by atoms with Gasteiger partial charge in [0, 0.05) is 6.54 Å². The van der Waals surface area contributed by atoms with Crippen molar-refractivity contribution in [3.8, 4) is 0 Å². The van der Waals surface area contributed by atoms with Crippen molar-refractivity contribution in [2.45, 2.75) is 46.1 Å². The van der Waals surface area contributed by atoms with Crippen LogP contribution in [-0.2, 0) is 6.42 Å². The van der Waals surface area contributed by atoms with Crippen molar-refractivity contribution in [3.63, 3.8) is 0 Å². The second-order valence-corrected chi connectivity index (χ2v) is 6.70. The lowest BCUT2D eigenvalue weighted by atomic mass is 9.91. The average Bonchev–Trinajstić information content (AvgIpc) is 2.53. The first-order valence-electron chi connectivity index (χ1n) is 6.08. The first-order chi connectivity index (χ1) is 8.29. The third-order valence-electron chi connectivity index (χ3n) is 2.95. The van der Waals surface area contributed by atoms with Gasteiger partial charge in [0.2, 0.25) is 0 Å². The molecule has 0 aliphatic carbocycles. The third-order valence-corrected chi connectivity index (χ3v) is 3.79. The van der Waals surface area contributed by atoms with Gasteiger partial charge in [0.1, 0.15) is 11.9 Å². The van der Waals surface area contributed by atoms with E-state index >= 15 is 0 Å². The lowest BCUT2D eigenvalue weighted by Gasteiger charge is -2.24. The quantitative estimate of drug-likeness (QED) is 0.896. The molecule has 0 amide bonds. The molecule has 1 aromatic heterocycles. The van der Waals surface area contributed by atoms with Gasteiger partial charge in [0.05, 0.1) is 10.2 Å². The third kappa shape index (κ3) is 2.68. The summed E-state index contributed by atoms with van der Waals surface area (Å²) < 4.78 is 28.2. The minimum Gasteiger partial charge on any atom is -0.369 e. The smallest absolute Gasteiger partial charge is 0.260 e. The lowest BCUT2D eigenvalue weighted by Crippen LogP contribution is -2.28. The van der Waals surface area contributed by atoms with E-state index in [1.165, 1.54) is 4.68 Å². The number of fused-ring (bicyclic) bond motifs is 1. The van der Waals surface area contributed by atoms with Crippen LogP contribution in [0.5, 0.6) is 0 Å².